The topological polar surface area (TPSA) is 39.6 Å². The minimum Gasteiger partial charge on any atom is -0.376 e. The van der Waals surface area contributed by atoms with Crippen molar-refractivity contribution in [2.75, 3.05) is 24.6 Å². The summed E-state index contributed by atoms with van der Waals surface area (Å²) in [6.07, 6.45) is 6.22. The lowest BCUT2D eigenvalue weighted by molar-refractivity contribution is 0.115. The highest BCUT2D eigenvalue weighted by molar-refractivity contribution is 7.18. The summed E-state index contributed by atoms with van der Waals surface area (Å²) in [5, 5.41) is 8.88. The van der Waals surface area contributed by atoms with Crippen molar-refractivity contribution in [3.05, 3.63) is 35.0 Å². The summed E-state index contributed by atoms with van der Waals surface area (Å²) in [6, 6.07) is 0. The molecule has 1 aromatic heterocycles. The van der Waals surface area contributed by atoms with E-state index in [0.29, 0.717) is 0 Å². The molecule has 0 spiro atoms. The number of ether oxygens (including phenoxy) is 1. The van der Waals surface area contributed by atoms with Crippen LogP contribution in [0.1, 0.15) is 48.6 Å². The molecule has 1 unspecified atom stereocenters. The molecular formula is C19H27N3OS. The van der Waals surface area contributed by atoms with E-state index in [2.05, 4.69) is 36.8 Å². The number of hydrogen-bond acceptors (Lipinski definition) is 5. The Morgan fingerprint density at radius 1 is 1.38 bits per heavy atom. The van der Waals surface area contributed by atoms with E-state index in [1.165, 1.54) is 16.8 Å². The van der Waals surface area contributed by atoms with Gasteiger partial charge in [-0.05, 0) is 31.7 Å². The average Bonchev–Trinajstić information content (AvgIpc) is 3.19. The van der Waals surface area contributed by atoms with Crippen LogP contribution < -0.4 is 4.90 Å². The van der Waals surface area contributed by atoms with Gasteiger partial charge in [0.25, 0.3) is 0 Å². The zero-order valence-electron chi connectivity index (χ0n) is 14.7. The molecule has 1 aromatic rings. The summed E-state index contributed by atoms with van der Waals surface area (Å²) < 4.78 is 5.86. The number of rotatable bonds is 6. The third-order valence-corrected chi connectivity index (χ3v) is 6.19. The molecule has 1 saturated heterocycles. The maximum Gasteiger partial charge on any atom is 0.107 e. The lowest BCUT2D eigenvalue weighted by atomic mass is 10.0. The summed E-state index contributed by atoms with van der Waals surface area (Å²) in [4.78, 5) is 5.54. The van der Waals surface area contributed by atoms with Gasteiger partial charge in [0, 0.05) is 30.6 Å². The Hall–Kier alpha value is -1.59. The van der Waals surface area contributed by atoms with Crippen molar-refractivity contribution in [1.29, 1.82) is 5.41 Å². The van der Waals surface area contributed by atoms with Crippen molar-refractivity contribution in [2.45, 2.75) is 45.6 Å². The number of anilines is 1. The molecule has 4 nitrogen and oxygen atoms in total. The molecule has 24 heavy (non-hydrogen) atoms. The van der Waals surface area contributed by atoms with E-state index in [4.69, 9.17) is 10.1 Å². The van der Waals surface area contributed by atoms with Crippen LogP contribution in [0.25, 0.3) is 5.70 Å². The highest BCUT2D eigenvalue weighted by Gasteiger charge is 2.34. The summed E-state index contributed by atoms with van der Waals surface area (Å²) in [6.45, 7) is 15.6. The van der Waals surface area contributed by atoms with Crippen LogP contribution in [0, 0.1) is 12.3 Å². The molecule has 3 heterocycles. The summed E-state index contributed by atoms with van der Waals surface area (Å²) >= 11 is 1.67. The molecule has 5 heteroatoms. The van der Waals surface area contributed by atoms with Gasteiger partial charge in [-0.1, -0.05) is 26.5 Å². The zero-order valence-corrected chi connectivity index (χ0v) is 15.5. The zero-order chi connectivity index (χ0) is 17.3. The molecule has 0 amide bonds. The SMILES string of the molecule is C=C1c2c(sc(C=N)c2C)N(CC2CCCO2)C(=C)N1CCCC. The van der Waals surface area contributed by atoms with Gasteiger partial charge in [0.1, 0.15) is 10.8 Å². The predicted octanol–water partition coefficient (Wildman–Crippen LogP) is 4.60. The van der Waals surface area contributed by atoms with Crippen molar-refractivity contribution >= 4 is 28.2 Å². The minimum atomic E-state index is 0.264. The number of thiophene rings is 1. The Morgan fingerprint density at radius 2 is 2.17 bits per heavy atom. The smallest absolute Gasteiger partial charge is 0.107 e. The van der Waals surface area contributed by atoms with Gasteiger partial charge in [-0.2, -0.15) is 0 Å². The van der Waals surface area contributed by atoms with Crippen LogP contribution in [0.2, 0.25) is 0 Å². The molecule has 0 bridgehead atoms. The van der Waals surface area contributed by atoms with E-state index >= 15 is 0 Å². The van der Waals surface area contributed by atoms with Crippen LogP contribution >= 0.6 is 11.3 Å². The molecule has 1 N–H and O–H groups in total. The van der Waals surface area contributed by atoms with E-state index in [1.54, 1.807) is 11.3 Å². The third-order valence-electron chi connectivity index (χ3n) is 4.92. The fraction of sp³-hybridized carbons (Fsp3) is 0.526. The molecular weight excluding hydrogens is 318 g/mol. The number of unbranched alkanes of at least 4 members (excludes halogenated alkanes) is 1. The second-order valence-electron chi connectivity index (χ2n) is 6.53. The molecule has 2 aliphatic rings. The summed E-state index contributed by atoms with van der Waals surface area (Å²) in [5.74, 6) is 0.995. The second-order valence-corrected chi connectivity index (χ2v) is 7.56. The van der Waals surface area contributed by atoms with E-state index < -0.39 is 0 Å². The molecule has 1 fully saturated rings. The highest BCUT2D eigenvalue weighted by atomic mass is 32.1. The molecule has 1 atom stereocenters. The van der Waals surface area contributed by atoms with Gasteiger partial charge in [0.05, 0.1) is 17.5 Å². The fourth-order valence-corrected chi connectivity index (χ4v) is 4.68. The minimum absolute atomic E-state index is 0.264. The molecule has 0 radical (unpaired) electrons. The van der Waals surface area contributed by atoms with Crippen LogP contribution in [0.4, 0.5) is 5.00 Å². The number of nitrogens with zero attached hydrogens (tertiary/aromatic N) is 2. The maximum absolute atomic E-state index is 7.71. The van der Waals surface area contributed by atoms with Crippen molar-refractivity contribution in [3.8, 4) is 0 Å². The molecule has 0 aliphatic carbocycles. The van der Waals surface area contributed by atoms with Gasteiger partial charge in [0.15, 0.2) is 0 Å². The average molecular weight is 346 g/mol. The largest absolute Gasteiger partial charge is 0.376 e. The van der Waals surface area contributed by atoms with Gasteiger partial charge in [-0.3, -0.25) is 0 Å². The Morgan fingerprint density at radius 3 is 2.79 bits per heavy atom. The molecule has 130 valence electrons. The lowest BCUT2D eigenvalue weighted by Crippen LogP contribution is -2.42. The number of hydrogen-bond donors (Lipinski definition) is 1. The maximum atomic E-state index is 7.71. The van der Waals surface area contributed by atoms with E-state index in [1.807, 2.05) is 0 Å². The van der Waals surface area contributed by atoms with Crippen LogP contribution in [-0.4, -0.2) is 36.9 Å². The Labute approximate surface area is 148 Å². The molecule has 3 rings (SSSR count). The monoisotopic (exact) mass is 345 g/mol. The molecule has 0 saturated carbocycles. The standard InChI is InChI=1S/C19H27N3OS/c1-5-6-9-21-14(3)18-13(2)17(11-20)24-19(18)22(15(21)4)12-16-8-7-10-23-16/h11,16,20H,3-10,12H2,1-2H3. The van der Waals surface area contributed by atoms with Crippen molar-refractivity contribution in [3.63, 3.8) is 0 Å². The van der Waals surface area contributed by atoms with Gasteiger partial charge < -0.3 is 19.9 Å². The first-order chi connectivity index (χ1) is 11.6. The Kier molecular flexibility index (Phi) is 5.11. The van der Waals surface area contributed by atoms with Crippen LogP contribution in [0.15, 0.2) is 19.0 Å². The van der Waals surface area contributed by atoms with E-state index in [-0.39, 0.29) is 6.10 Å². The van der Waals surface area contributed by atoms with E-state index in [0.717, 1.165) is 67.3 Å². The quantitative estimate of drug-likeness (QED) is 0.766. The third kappa shape index (κ3) is 2.91. The van der Waals surface area contributed by atoms with Crippen molar-refractivity contribution in [1.82, 2.24) is 4.90 Å². The first-order valence-electron chi connectivity index (χ1n) is 8.77. The first kappa shape index (κ1) is 17.2. The van der Waals surface area contributed by atoms with Gasteiger partial charge in [-0.15, -0.1) is 11.3 Å². The summed E-state index contributed by atoms with van der Waals surface area (Å²) in [5.41, 5.74) is 3.36. The molecule has 2 aliphatic heterocycles. The molecule has 0 aromatic carbocycles. The van der Waals surface area contributed by atoms with Gasteiger partial charge in [0.2, 0.25) is 0 Å². The lowest BCUT2D eigenvalue weighted by Gasteiger charge is -2.42. The number of fused-ring (bicyclic) bond motifs is 1. The van der Waals surface area contributed by atoms with Crippen LogP contribution in [0.5, 0.6) is 0 Å². The normalized spacial score (nSPS) is 20.7. The van der Waals surface area contributed by atoms with Crippen molar-refractivity contribution in [2.24, 2.45) is 0 Å². The van der Waals surface area contributed by atoms with E-state index in [9.17, 15) is 0 Å². The predicted molar refractivity (Wildman–Crippen MR) is 103 cm³/mol. The first-order valence-corrected chi connectivity index (χ1v) is 9.58. The fourth-order valence-electron chi connectivity index (χ4n) is 3.50. The Bertz CT molecular complexity index is 658. The van der Waals surface area contributed by atoms with Crippen LogP contribution in [-0.2, 0) is 4.74 Å². The second kappa shape index (κ2) is 7.11. The van der Waals surface area contributed by atoms with Gasteiger partial charge >= 0.3 is 0 Å². The summed E-state index contributed by atoms with van der Waals surface area (Å²) in [7, 11) is 0. The van der Waals surface area contributed by atoms with Gasteiger partial charge in [-0.25, -0.2) is 0 Å². The van der Waals surface area contributed by atoms with Crippen molar-refractivity contribution < 1.29 is 4.74 Å². The Balaban J connectivity index is 1.99. The van der Waals surface area contributed by atoms with Crippen LogP contribution in [0.3, 0.4) is 0 Å². The number of nitrogens with one attached hydrogen (secondary N) is 1. The highest BCUT2D eigenvalue weighted by Crippen LogP contribution is 2.46.